The summed E-state index contributed by atoms with van der Waals surface area (Å²) < 4.78 is 13.4. The second kappa shape index (κ2) is 6.47. The number of hydrogen-bond donors (Lipinski definition) is 3. The first-order valence-electron chi connectivity index (χ1n) is 5.81. The van der Waals surface area contributed by atoms with Gasteiger partial charge in [-0.2, -0.15) is 0 Å². The predicted octanol–water partition coefficient (Wildman–Crippen LogP) is 1.63. The maximum absolute atomic E-state index is 13.4. The number of carboxylic acids is 1. The third kappa shape index (κ3) is 3.78. The molecule has 0 heterocycles. The van der Waals surface area contributed by atoms with E-state index in [4.69, 9.17) is 10.2 Å². The maximum atomic E-state index is 13.4. The van der Waals surface area contributed by atoms with Crippen LogP contribution in [0.25, 0.3) is 0 Å². The first-order chi connectivity index (χ1) is 8.45. The summed E-state index contributed by atoms with van der Waals surface area (Å²) in [5.74, 6) is -1.76. The quantitative estimate of drug-likeness (QED) is 0.722. The highest BCUT2D eigenvalue weighted by Gasteiger charge is 2.13. The van der Waals surface area contributed by atoms with Crippen LogP contribution in [0.5, 0.6) is 0 Å². The van der Waals surface area contributed by atoms with Crippen molar-refractivity contribution >= 4 is 5.97 Å². The molecule has 0 saturated carbocycles. The number of carboxylic acid groups (broad SMARTS) is 1. The lowest BCUT2D eigenvalue weighted by Gasteiger charge is -2.20. The lowest BCUT2D eigenvalue weighted by molar-refractivity contribution is 0.0692. The van der Waals surface area contributed by atoms with Gasteiger partial charge in [-0.15, -0.1) is 0 Å². The largest absolute Gasteiger partial charge is 0.478 e. The molecule has 1 unspecified atom stereocenters. The van der Waals surface area contributed by atoms with Gasteiger partial charge in [0.15, 0.2) is 0 Å². The van der Waals surface area contributed by atoms with Crippen LogP contribution in [0.1, 0.15) is 29.8 Å². The molecule has 1 rings (SSSR count). The van der Waals surface area contributed by atoms with Gasteiger partial charge in [0.2, 0.25) is 0 Å². The average Bonchev–Trinajstić information content (AvgIpc) is 2.28. The van der Waals surface area contributed by atoms with Crippen LogP contribution in [0.2, 0.25) is 0 Å². The van der Waals surface area contributed by atoms with E-state index < -0.39 is 11.8 Å². The second-order valence-corrected chi connectivity index (χ2v) is 4.53. The summed E-state index contributed by atoms with van der Waals surface area (Å²) >= 11 is 0. The number of carbonyl (C=O) groups is 1. The number of hydrogen-bond acceptors (Lipinski definition) is 3. The molecule has 5 heteroatoms. The van der Waals surface area contributed by atoms with E-state index in [1.807, 2.05) is 13.8 Å². The molecular weight excluding hydrogens is 237 g/mol. The molecule has 0 saturated heterocycles. The highest BCUT2D eigenvalue weighted by atomic mass is 19.1. The van der Waals surface area contributed by atoms with Gasteiger partial charge in [0.1, 0.15) is 5.82 Å². The van der Waals surface area contributed by atoms with Gasteiger partial charge in [-0.1, -0.05) is 19.9 Å². The zero-order valence-electron chi connectivity index (χ0n) is 10.5. The molecule has 0 radical (unpaired) electrons. The van der Waals surface area contributed by atoms with Crippen molar-refractivity contribution in [1.29, 1.82) is 0 Å². The lowest BCUT2D eigenvalue weighted by atomic mass is 10.0. The van der Waals surface area contributed by atoms with Crippen LogP contribution in [0.15, 0.2) is 18.2 Å². The highest BCUT2D eigenvalue weighted by molar-refractivity contribution is 5.87. The minimum atomic E-state index is -1.28. The van der Waals surface area contributed by atoms with E-state index in [0.29, 0.717) is 12.1 Å². The number of rotatable bonds is 6. The van der Waals surface area contributed by atoms with Crippen molar-refractivity contribution in [3.8, 4) is 0 Å². The van der Waals surface area contributed by atoms with Crippen molar-refractivity contribution < 1.29 is 19.4 Å². The topological polar surface area (TPSA) is 69.6 Å². The normalized spacial score (nSPS) is 12.7. The first kappa shape index (κ1) is 14.6. The Kier molecular flexibility index (Phi) is 5.25. The van der Waals surface area contributed by atoms with E-state index in [2.05, 4.69) is 5.32 Å². The summed E-state index contributed by atoms with van der Waals surface area (Å²) in [5.41, 5.74) is 0.318. The molecule has 0 aliphatic carbocycles. The molecule has 1 aromatic rings. The van der Waals surface area contributed by atoms with Crippen molar-refractivity contribution in [1.82, 2.24) is 5.32 Å². The molecule has 0 spiro atoms. The average molecular weight is 255 g/mol. The minimum absolute atomic E-state index is 0.00730. The molecule has 0 bridgehead atoms. The Morgan fingerprint density at radius 1 is 1.44 bits per heavy atom. The number of nitrogens with one attached hydrogen (secondary N) is 1. The summed E-state index contributed by atoms with van der Waals surface area (Å²) in [6.45, 7) is 4.34. The fourth-order valence-electron chi connectivity index (χ4n) is 1.60. The summed E-state index contributed by atoms with van der Waals surface area (Å²) in [6.07, 6.45) is 0. The highest BCUT2D eigenvalue weighted by Crippen LogP contribution is 2.11. The van der Waals surface area contributed by atoms with Crippen molar-refractivity contribution in [2.45, 2.75) is 26.4 Å². The zero-order chi connectivity index (χ0) is 13.7. The molecular formula is C13H18FNO3. The summed E-state index contributed by atoms with van der Waals surface area (Å²) in [5, 5.41) is 20.9. The van der Waals surface area contributed by atoms with Crippen molar-refractivity contribution in [2.75, 3.05) is 6.61 Å². The van der Waals surface area contributed by atoms with Crippen LogP contribution in [0, 0.1) is 11.7 Å². The maximum Gasteiger partial charge on any atom is 0.338 e. The molecule has 100 valence electrons. The zero-order valence-corrected chi connectivity index (χ0v) is 10.5. The number of benzene rings is 1. The van der Waals surface area contributed by atoms with E-state index >= 15 is 0 Å². The molecule has 3 N–H and O–H groups in total. The first-order valence-corrected chi connectivity index (χ1v) is 5.81. The van der Waals surface area contributed by atoms with E-state index in [0.717, 1.165) is 0 Å². The van der Waals surface area contributed by atoms with E-state index in [9.17, 15) is 9.18 Å². The Bertz CT molecular complexity index is 421. The number of aromatic carboxylic acids is 1. The van der Waals surface area contributed by atoms with Crippen LogP contribution in [0.4, 0.5) is 4.39 Å². The number of halogens is 1. The molecule has 0 amide bonds. The Morgan fingerprint density at radius 3 is 2.56 bits per heavy atom. The fraction of sp³-hybridized carbons (Fsp3) is 0.462. The lowest BCUT2D eigenvalue weighted by Crippen LogP contribution is -2.36. The Labute approximate surface area is 105 Å². The summed E-state index contributed by atoms with van der Waals surface area (Å²) in [7, 11) is 0. The monoisotopic (exact) mass is 255 g/mol. The van der Waals surface area contributed by atoms with Gasteiger partial charge in [0.25, 0.3) is 0 Å². The molecule has 0 aromatic heterocycles. The van der Waals surface area contributed by atoms with E-state index in [1.165, 1.54) is 12.1 Å². The van der Waals surface area contributed by atoms with Crippen LogP contribution in [-0.4, -0.2) is 28.8 Å². The SMILES string of the molecule is CC(C)C(CO)NCc1ccc(C(=O)O)c(F)c1. The van der Waals surface area contributed by atoms with Gasteiger partial charge in [0, 0.05) is 12.6 Å². The number of aliphatic hydroxyl groups is 1. The van der Waals surface area contributed by atoms with Crippen LogP contribution < -0.4 is 5.32 Å². The Hall–Kier alpha value is -1.46. The minimum Gasteiger partial charge on any atom is -0.478 e. The van der Waals surface area contributed by atoms with Crippen LogP contribution in [-0.2, 0) is 6.54 Å². The van der Waals surface area contributed by atoms with Gasteiger partial charge in [-0.3, -0.25) is 0 Å². The molecule has 1 atom stereocenters. The van der Waals surface area contributed by atoms with E-state index in [1.54, 1.807) is 6.07 Å². The van der Waals surface area contributed by atoms with Gasteiger partial charge in [0.05, 0.1) is 12.2 Å². The second-order valence-electron chi connectivity index (χ2n) is 4.53. The fourth-order valence-corrected chi connectivity index (χ4v) is 1.60. The van der Waals surface area contributed by atoms with Crippen molar-refractivity contribution in [2.24, 2.45) is 5.92 Å². The standard InChI is InChI=1S/C13H18FNO3/c1-8(2)12(7-16)15-6-9-3-4-10(13(17)18)11(14)5-9/h3-5,8,12,15-16H,6-7H2,1-2H3,(H,17,18). The molecule has 4 nitrogen and oxygen atoms in total. The Balaban J connectivity index is 2.69. The molecule has 0 aliphatic rings. The van der Waals surface area contributed by atoms with Crippen molar-refractivity contribution in [3.05, 3.63) is 35.1 Å². The predicted molar refractivity (Wildman–Crippen MR) is 65.9 cm³/mol. The van der Waals surface area contributed by atoms with Gasteiger partial charge in [-0.25, -0.2) is 9.18 Å². The molecule has 0 fully saturated rings. The third-order valence-electron chi connectivity index (χ3n) is 2.83. The van der Waals surface area contributed by atoms with Gasteiger partial charge < -0.3 is 15.5 Å². The van der Waals surface area contributed by atoms with Crippen LogP contribution in [0.3, 0.4) is 0 Å². The molecule has 1 aromatic carbocycles. The molecule has 18 heavy (non-hydrogen) atoms. The molecule has 0 aliphatic heterocycles. The smallest absolute Gasteiger partial charge is 0.338 e. The Morgan fingerprint density at radius 2 is 2.11 bits per heavy atom. The third-order valence-corrected chi connectivity index (χ3v) is 2.83. The van der Waals surface area contributed by atoms with Gasteiger partial charge in [-0.05, 0) is 23.6 Å². The summed E-state index contributed by atoms with van der Waals surface area (Å²) in [4.78, 5) is 10.6. The van der Waals surface area contributed by atoms with Crippen molar-refractivity contribution in [3.63, 3.8) is 0 Å². The van der Waals surface area contributed by atoms with E-state index in [-0.39, 0.29) is 24.1 Å². The summed E-state index contributed by atoms with van der Waals surface area (Å²) in [6, 6.07) is 3.95. The van der Waals surface area contributed by atoms with Crippen LogP contribution >= 0.6 is 0 Å². The number of aliphatic hydroxyl groups excluding tert-OH is 1. The van der Waals surface area contributed by atoms with Gasteiger partial charge >= 0.3 is 5.97 Å².